The van der Waals surface area contributed by atoms with Gasteiger partial charge >= 0.3 is 0 Å². The third kappa shape index (κ3) is 5.16. The maximum absolute atomic E-state index is 11.4. The van der Waals surface area contributed by atoms with Crippen molar-refractivity contribution in [3.8, 4) is 0 Å². The minimum atomic E-state index is -0.178. The Morgan fingerprint density at radius 3 is 2.62 bits per heavy atom. The van der Waals surface area contributed by atoms with Gasteiger partial charge in [-0.15, -0.1) is 12.6 Å². The van der Waals surface area contributed by atoms with Crippen LogP contribution in [-0.4, -0.2) is 32.8 Å². The second-order valence-corrected chi connectivity index (χ2v) is 3.66. The maximum Gasteiger partial charge on any atom is 0.250 e. The molecule has 1 aromatic rings. The van der Waals surface area contributed by atoms with Gasteiger partial charge in [-0.1, -0.05) is 0 Å². The third-order valence-corrected chi connectivity index (χ3v) is 2.11. The molecule has 88 valence electrons. The number of methoxy groups -OCH3 is 1. The molecule has 4 nitrogen and oxygen atoms in total. The second kappa shape index (κ2) is 7.27. The smallest absolute Gasteiger partial charge is 0.250 e. The lowest BCUT2D eigenvalue weighted by atomic mass is 10.3. The SMILES string of the molecule is COCCOCC(=O)Nc1ccc(S)cc1. The molecule has 0 aromatic heterocycles. The zero-order valence-electron chi connectivity index (χ0n) is 9.10. The predicted molar refractivity (Wildman–Crippen MR) is 65.0 cm³/mol. The van der Waals surface area contributed by atoms with Crippen LogP contribution in [0, 0.1) is 0 Å². The first-order chi connectivity index (χ1) is 7.72. The maximum atomic E-state index is 11.4. The molecule has 0 unspecified atom stereocenters. The van der Waals surface area contributed by atoms with Gasteiger partial charge < -0.3 is 14.8 Å². The van der Waals surface area contributed by atoms with Crippen molar-refractivity contribution in [2.24, 2.45) is 0 Å². The monoisotopic (exact) mass is 241 g/mol. The first-order valence-electron chi connectivity index (χ1n) is 4.88. The largest absolute Gasteiger partial charge is 0.382 e. The molecule has 0 fully saturated rings. The highest BCUT2D eigenvalue weighted by Gasteiger charge is 2.01. The van der Waals surface area contributed by atoms with Crippen molar-refractivity contribution in [2.45, 2.75) is 4.90 Å². The molecular formula is C11H15NO3S. The van der Waals surface area contributed by atoms with Crippen molar-refractivity contribution in [3.63, 3.8) is 0 Å². The van der Waals surface area contributed by atoms with Crippen molar-refractivity contribution in [1.29, 1.82) is 0 Å². The summed E-state index contributed by atoms with van der Waals surface area (Å²) in [7, 11) is 1.59. The molecule has 16 heavy (non-hydrogen) atoms. The van der Waals surface area contributed by atoms with Gasteiger partial charge in [0.1, 0.15) is 6.61 Å². The van der Waals surface area contributed by atoms with Crippen LogP contribution in [-0.2, 0) is 14.3 Å². The molecule has 0 aliphatic rings. The zero-order chi connectivity index (χ0) is 11.8. The van der Waals surface area contributed by atoms with E-state index in [1.807, 2.05) is 12.1 Å². The summed E-state index contributed by atoms with van der Waals surface area (Å²) in [6.07, 6.45) is 0. The van der Waals surface area contributed by atoms with Crippen molar-refractivity contribution in [3.05, 3.63) is 24.3 Å². The number of hydrogen-bond acceptors (Lipinski definition) is 4. The normalized spacial score (nSPS) is 10.1. The average molecular weight is 241 g/mol. The molecule has 5 heteroatoms. The van der Waals surface area contributed by atoms with Crippen molar-refractivity contribution >= 4 is 24.2 Å². The Labute approximate surface area is 100 Å². The quantitative estimate of drug-likeness (QED) is 0.587. The number of anilines is 1. The fourth-order valence-electron chi connectivity index (χ4n) is 1.05. The summed E-state index contributed by atoms with van der Waals surface area (Å²) in [4.78, 5) is 12.2. The number of thiol groups is 1. The first-order valence-corrected chi connectivity index (χ1v) is 5.32. The molecule has 0 saturated carbocycles. The zero-order valence-corrected chi connectivity index (χ0v) is 10.00. The lowest BCUT2D eigenvalue weighted by Crippen LogP contribution is -2.19. The van der Waals surface area contributed by atoms with Crippen LogP contribution in [0.3, 0.4) is 0 Å². The summed E-state index contributed by atoms with van der Waals surface area (Å²) >= 11 is 4.15. The molecule has 1 amide bonds. The minimum absolute atomic E-state index is 0.0337. The van der Waals surface area contributed by atoms with Crippen molar-refractivity contribution in [1.82, 2.24) is 0 Å². The number of carbonyl (C=O) groups excluding carboxylic acids is 1. The number of nitrogens with one attached hydrogen (secondary N) is 1. The standard InChI is InChI=1S/C11H15NO3S/c1-14-6-7-15-8-11(13)12-9-2-4-10(16)5-3-9/h2-5,16H,6-8H2,1H3,(H,12,13). The van der Waals surface area contributed by atoms with Crippen LogP contribution in [0.4, 0.5) is 5.69 Å². The topological polar surface area (TPSA) is 47.6 Å². The summed E-state index contributed by atoms with van der Waals surface area (Å²) in [6.45, 7) is 0.938. The van der Waals surface area contributed by atoms with Crippen LogP contribution < -0.4 is 5.32 Å². The summed E-state index contributed by atoms with van der Waals surface area (Å²) in [5.74, 6) is -0.178. The van der Waals surface area contributed by atoms with E-state index in [9.17, 15) is 4.79 Å². The lowest BCUT2D eigenvalue weighted by molar-refractivity contribution is -0.121. The Morgan fingerprint density at radius 1 is 1.31 bits per heavy atom. The Morgan fingerprint density at radius 2 is 2.00 bits per heavy atom. The summed E-state index contributed by atoms with van der Waals surface area (Å²) < 4.78 is 9.87. The fraction of sp³-hybridized carbons (Fsp3) is 0.364. The molecule has 1 rings (SSSR count). The Hall–Kier alpha value is -1.04. The van der Waals surface area contributed by atoms with Gasteiger partial charge in [0.2, 0.25) is 5.91 Å². The van der Waals surface area contributed by atoms with Gasteiger partial charge in [0.25, 0.3) is 0 Å². The molecule has 1 aromatic carbocycles. The van der Waals surface area contributed by atoms with Gasteiger partial charge in [0.15, 0.2) is 0 Å². The van der Waals surface area contributed by atoms with Crippen molar-refractivity contribution in [2.75, 3.05) is 32.2 Å². The molecule has 0 radical (unpaired) electrons. The Balaban J connectivity index is 2.26. The number of amides is 1. The number of ether oxygens (including phenoxy) is 2. The van der Waals surface area contributed by atoms with Gasteiger partial charge in [-0.25, -0.2) is 0 Å². The Kier molecular flexibility index (Phi) is 5.92. The van der Waals surface area contributed by atoms with Gasteiger partial charge in [0.05, 0.1) is 13.2 Å². The highest BCUT2D eigenvalue weighted by Crippen LogP contribution is 2.11. The molecule has 1 N–H and O–H groups in total. The first kappa shape index (κ1) is 13.0. The lowest BCUT2D eigenvalue weighted by Gasteiger charge is -2.06. The van der Waals surface area contributed by atoms with Gasteiger partial charge in [0, 0.05) is 17.7 Å². The second-order valence-electron chi connectivity index (χ2n) is 3.14. The summed E-state index contributed by atoms with van der Waals surface area (Å²) in [6, 6.07) is 7.19. The number of benzene rings is 1. The van der Waals surface area contributed by atoms with E-state index >= 15 is 0 Å². The van der Waals surface area contributed by atoms with Crippen LogP contribution in [0.15, 0.2) is 29.2 Å². The van der Waals surface area contributed by atoms with E-state index in [0.29, 0.717) is 13.2 Å². The van der Waals surface area contributed by atoms with Crippen LogP contribution in [0.5, 0.6) is 0 Å². The predicted octanol–water partition coefficient (Wildman–Crippen LogP) is 1.58. The van der Waals surface area contributed by atoms with Crippen LogP contribution in [0.2, 0.25) is 0 Å². The van der Waals surface area contributed by atoms with Crippen LogP contribution in [0.25, 0.3) is 0 Å². The van der Waals surface area contributed by atoms with E-state index in [-0.39, 0.29) is 12.5 Å². The Bertz CT molecular complexity index is 327. The van der Waals surface area contributed by atoms with E-state index in [1.54, 1.807) is 19.2 Å². The number of hydrogen-bond donors (Lipinski definition) is 2. The van der Waals surface area contributed by atoms with E-state index in [4.69, 9.17) is 9.47 Å². The van der Waals surface area contributed by atoms with Crippen LogP contribution >= 0.6 is 12.6 Å². The number of rotatable bonds is 6. The fourth-order valence-corrected chi connectivity index (χ4v) is 1.20. The molecule has 0 aliphatic heterocycles. The van der Waals surface area contributed by atoms with Gasteiger partial charge in [-0.2, -0.15) is 0 Å². The molecule has 0 aliphatic carbocycles. The molecular weight excluding hydrogens is 226 g/mol. The van der Waals surface area contributed by atoms with Crippen molar-refractivity contribution < 1.29 is 14.3 Å². The van der Waals surface area contributed by atoms with E-state index in [0.717, 1.165) is 10.6 Å². The summed E-state index contributed by atoms with van der Waals surface area (Å²) in [5, 5.41) is 2.71. The molecule has 0 spiro atoms. The third-order valence-electron chi connectivity index (χ3n) is 1.82. The highest BCUT2D eigenvalue weighted by molar-refractivity contribution is 7.80. The molecule has 0 heterocycles. The molecule has 0 bridgehead atoms. The highest BCUT2D eigenvalue weighted by atomic mass is 32.1. The summed E-state index contributed by atoms with van der Waals surface area (Å²) in [5.41, 5.74) is 0.734. The van der Waals surface area contributed by atoms with E-state index in [1.165, 1.54) is 0 Å². The molecule has 0 atom stereocenters. The molecule has 0 saturated heterocycles. The minimum Gasteiger partial charge on any atom is -0.382 e. The van der Waals surface area contributed by atoms with E-state index < -0.39 is 0 Å². The number of carbonyl (C=O) groups is 1. The van der Waals surface area contributed by atoms with Crippen LogP contribution in [0.1, 0.15) is 0 Å². The van der Waals surface area contributed by atoms with Gasteiger partial charge in [-0.05, 0) is 24.3 Å². The average Bonchev–Trinajstić information content (AvgIpc) is 2.28. The van der Waals surface area contributed by atoms with Gasteiger partial charge in [-0.3, -0.25) is 4.79 Å². The van der Waals surface area contributed by atoms with E-state index in [2.05, 4.69) is 17.9 Å².